The van der Waals surface area contributed by atoms with E-state index in [1.165, 1.54) is 5.56 Å². The minimum Gasteiger partial charge on any atom is -0.459 e. The summed E-state index contributed by atoms with van der Waals surface area (Å²) in [6.07, 6.45) is 1.85. The molecule has 41 heavy (non-hydrogen) atoms. The maximum absolute atomic E-state index is 12.6. The van der Waals surface area contributed by atoms with Gasteiger partial charge in [-0.15, -0.1) is 0 Å². The topological polar surface area (TPSA) is 101 Å². The summed E-state index contributed by atoms with van der Waals surface area (Å²) >= 11 is 0. The number of hydrogen-bond acceptors (Lipinski definition) is 6. The summed E-state index contributed by atoms with van der Waals surface area (Å²) in [4.78, 5) is 55.9. The number of rotatable bonds is 8. The summed E-state index contributed by atoms with van der Waals surface area (Å²) in [7, 11) is 0. The Morgan fingerprint density at radius 3 is 1.56 bits per heavy atom. The van der Waals surface area contributed by atoms with E-state index in [0.717, 1.165) is 18.5 Å². The predicted octanol–water partition coefficient (Wildman–Crippen LogP) is 5.61. The number of ether oxygens (including phenoxy) is 1. The summed E-state index contributed by atoms with van der Waals surface area (Å²) in [6.45, 7) is 16.2. The van der Waals surface area contributed by atoms with Crippen molar-refractivity contribution in [3.63, 3.8) is 0 Å². The second-order valence-corrected chi connectivity index (χ2v) is 11.6. The number of carbonyl (C=O) groups excluding carboxylic acids is 5. The van der Waals surface area contributed by atoms with Crippen LogP contribution in [-0.4, -0.2) is 52.9 Å². The highest BCUT2D eigenvalue weighted by molar-refractivity contribution is 5.84. The largest absolute Gasteiger partial charge is 0.459 e. The van der Waals surface area contributed by atoms with E-state index in [4.69, 9.17) is 14.3 Å². The summed E-state index contributed by atoms with van der Waals surface area (Å²) in [5.74, 6) is 0.287. The van der Waals surface area contributed by atoms with Crippen molar-refractivity contribution in [2.24, 2.45) is 17.3 Å². The molecule has 3 unspecified atom stereocenters. The van der Waals surface area contributed by atoms with E-state index in [-0.39, 0.29) is 41.4 Å². The number of carbonyl (C=O) groups is 3. The maximum atomic E-state index is 12.6. The predicted molar refractivity (Wildman–Crippen MR) is 155 cm³/mol. The Hall–Kier alpha value is -3.77. The van der Waals surface area contributed by atoms with E-state index in [2.05, 4.69) is 39.8 Å². The van der Waals surface area contributed by atoms with E-state index in [9.17, 15) is 14.4 Å². The van der Waals surface area contributed by atoms with Crippen LogP contribution in [0.5, 0.6) is 0 Å². The molecule has 2 heterocycles. The van der Waals surface area contributed by atoms with Crippen molar-refractivity contribution in [1.82, 2.24) is 9.80 Å². The zero-order chi connectivity index (χ0) is 30.8. The van der Waals surface area contributed by atoms with E-state index < -0.39 is 5.60 Å². The minimum atomic E-state index is -0.726. The van der Waals surface area contributed by atoms with Gasteiger partial charge in [-0.2, -0.15) is 9.59 Å². The van der Waals surface area contributed by atoms with Gasteiger partial charge in [-0.1, -0.05) is 88.4 Å². The fraction of sp³-hybridized carbons (Fsp3) is 0.515. The second-order valence-electron chi connectivity index (χ2n) is 11.6. The molecular formula is C33H44N2O6. The van der Waals surface area contributed by atoms with Crippen LogP contribution in [0.4, 0.5) is 0 Å². The lowest BCUT2D eigenvalue weighted by Gasteiger charge is -2.28. The Labute approximate surface area is 244 Å². The molecule has 0 spiro atoms. The zero-order valence-electron chi connectivity index (χ0n) is 25.3. The van der Waals surface area contributed by atoms with Gasteiger partial charge in [0.15, 0.2) is 0 Å². The standard InChI is InChI=1S/C16H21NO3.C16H23NO.CO2/c1-4-14-15(19)17(10-16(14,3)20-11-18)12(2)13-8-6-5-7-9-13;1-5-14-15(18)17(11-16(14,3)4)12(2)13-9-7-6-8-10-13;2-1-3/h5-9,11-12,14H,4,10H2,1-3H3;6-10,12,14H,5,11H2,1-4H3;/t12-,14?,16?;12-,14?;/m11./s1. The van der Waals surface area contributed by atoms with Crippen molar-refractivity contribution in [2.75, 3.05) is 13.1 Å². The zero-order valence-corrected chi connectivity index (χ0v) is 25.3. The van der Waals surface area contributed by atoms with E-state index in [1.54, 1.807) is 0 Å². The molecule has 2 aromatic carbocycles. The lowest BCUT2D eigenvalue weighted by atomic mass is 9.80. The highest BCUT2D eigenvalue weighted by Gasteiger charge is 2.51. The molecule has 2 fully saturated rings. The first-order valence-electron chi connectivity index (χ1n) is 14.2. The Bertz CT molecular complexity index is 1180. The lowest BCUT2D eigenvalue weighted by Crippen LogP contribution is -2.38. The molecule has 0 aliphatic carbocycles. The van der Waals surface area contributed by atoms with Crippen molar-refractivity contribution >= 4 is 24.4 Å². The van der Waals surface area contributed by atoms with E-state index in [0.29, 0.717) is 25.3 Å². The minimum absolute atomic E-state index is 0.0187. The van der Waals surface area contributed by atoms with Crippen molar-refractivity contribution < 1.29 is 28.7 Å². The number of hydrogen-bond donors (Lipinski definition) is 0. The number of likely N-dealkylation sites (tertiary alicyclic amines) is 2. The summed E-state index contributed by atoms with van der Waals surface area (Å²) < 4.78 is 5.24. The Balaban J connectivity index is 0.000000263. The van der Waals surface area contributed by atoms with Gasteiger partial charge in [0.05, 0.1) is 24.5 Å². The van der Waals surface area contributed by atoms with Crippen molar-refractivity contribution in [3.05, 3.63) is 71.8 Å². The molecule has 8 nitrogen and oxygen atoms in total. The first-order valence-corrected chi connectivity index (χ1v) is 14.2. The monoisotopic (exact) mass is 564 g/mol. The van der Waals surface area contributed by atoms with Crippen LogP contribution >= 0.6 is 0 Å². The van der Waals surface area contributed by atoms with Crippen molar-refractivity contribution in [3.8, 4) is 0 Å². The summed E-state index contributed by atoms with van der Waals surface area (Å²) in [6, 6.07) is 20.3. The number of amides is 2. The third-order valence-corrected chi connectivity index (χ3v) is 8.54. The first kappa shape index (κ1) is 33.4. The fourth-order valence-corrected chi connectivity index (χ4v) is 6.19. The molecule has 2 aliphatic heterocycles. The molecule has 0 saturated carbocycles. The van der Waals surface area contributed by atoms with Crippen LogP contribution < -0.4 is 0 Å². The average molecular weight is 565 g/mol. The van der Waals surface area contributed by atoms with Crippen molar-refractivity contribution in [2.45, 2.75) is 79.0 Å². The Kier molecular flexibility index (Phi) is 12.0. The third-order valence-electron chi connectivity index (χ3n) is 8.54. The third kappa shape index (κ3) is 7.70. The molecule has 0 radical (unpaired) electrons. The van der Waals surface area contributed by atoms with Gasteiger partial charge in [0, 0.05) is 12.5 Å². The maximum Gasteiger partial charge on any atom is 0.373 e. The van der Waals surface area contributed by atoms with E-state index in [1.807, 2.05) is 79.1 Å². The molecule has 0 aromatic heterocycles. The van der Waals surface area contributed by atoms with Gasteiger partial charge in [0.1, 0.15) is 5.60 Å². The highest BCUT2D eigenvalue weighted by Crippen LogP contribution is 2.42. The molecule has 0 bridgehead atoms. The van der Waals surface area contributed by atoms with Gasteiger partial charge < -0.3 is 14.5 Å². The molecule has 2 amide bonds. The fourth-order valence-electron chi connectivity index (χ4n) is 6.19. The molecular weight excluding hydrogens is 520 g/mol. The molecule has 222 valence electrons. The molecule has 0 N–H and O–H groups in total. The van der Waals surface area contributed by atoms with Crippen LogP contribution in [0.3, 0.4) is 0 Å². The smallest absolute Gasteiger partial charge is 0.373 e. The molecule has 2 aromatic rings. The Morgan fingerprint density at radius 1 is 0.805 bits per heavy atom. The molecule has 4 rings (SSSR count). The van der Waals surface area contributed by atoms with Crippen LogP contribution in [0.2, 0.25) is 0 Å². The van der Waals surface area contributed by atoms with Crippen LogP contribution in [0.15, 0.2) is 60.7 Å². The van der Waals surface area contributed by atoms with Gasteiger partial charge >= 0.3 is 6.15 Å². The first-order chi connectivity index (χ1) is 19.4. The van der Waals surface area contributed by atoms with Gasteiger partial charge in [0.2, 0.25) is 11.8 Å². The van der Waals surface area contributed by atoms with Gasteiger partial charge in [-0.25, -0.2) is 0 Å². The number of benzene rings is 2. The van der Waals surface area contributed by atoms with E-state index >= 15 is 0 Å². The quantitative estimate of drug-likeness (QED) is 0.387. The second kappa shape index (κ2) is 14.7. The van der Waals surface area contributed by atoms with Gasteiger partial charge in [-0.3, -0.25) is 14.4 Å². The average Bonchev–Trinajstić information content (AvgIpc) is 3.35. The summed E-state index contributed by atoms with van der Waals surface area (Å²) in [5, 5.41) is 0. The SMILES string of the molecule is CCC1C(=O)N([C@H](C)c2ccccc2)CC1(C)C.CCC1C(=O)N([C@H](C)c2ccccc2)CC1(C)OC=O.O=C=O. The van der Waals surface area contributed by atoms with Crippen LogP contribution in [0.1, 0.15) is 84.5 Å². The lowest BCUT2D eigenvalue weighted by molar-refractivity contribution is -0.191. The summed E-state index contributed by atoms with van der Waals surface area (Å²) in [5.41, 5.74) is 1.68. The number of nitrogens with zero attached hydrogens (tertiary/aromatic N) is 2. The molecule has 8 heteroatoms. The van der Waals surface area contributed by atoms with Gasteiger partial charge in [0.25, 0.3) is 6.47 Å². The highest BCUT2D eigenvalue weighted by atomic mass is 16.5. The van der Waals surface area contributed by atoms with Gasteiger partial charge in [-0.05, 0) is 50.2 Å². The normalized spacial score (nSPS) is 24.3. The van der Waals surface area contributed by atoms with Crippen molar-refractivity contribution in [1.29, 1.82) is 0 Å². The molecule has 2 aliphatic rings. The van der Waals surface area contributed by atoms with Crippen LogP contribution in [0.25, 0.3) is 0 Å². The van der Waals surface area contributed by atoms with Crippen LogP contribution in [-0.2, 0) is 28.7 Å². The molecule has 2 saturated heterocycles. The van der Waals surface area contributed by atoms with Crippen LogP contribution in [0, 0.1) is 17.3 Å². The Morgan fingerprint density at radius 2 is 1.20 bits per heavy atom. The molecule has 5 atom stereocenters.